The molecule has 0 unspecified atom stereocenters. The van der Waals surface area contributed by atoms with Crippen molar-refractivity contribution in [1.29, 1.82) is 0 Å². The van der Waals surface area contributed by atoms with E-state index >= 15 is 0 Å². The van der Waals surface area contributed by atoms with Crippen molar-refractivity contribution in [3.63, 3.8) is 0 Å². The molecule has 114 valence electrons. The third-order valence-corrected chi connectivity index (χ3v) is 3.36. The van der Waals surface area contributed by atoms with Crippen LogP contribution in [0.5, 0.6) is 11.5 Å². The van der Waals surface area contributed by atoms with Gasteiger partial charge in [-0.1, -0.05) is 32.8 Å². The number of hydrogen-bond donors (Lipinski definition) is 1. The third-order valence-electron chi connectivity index (χ3n) is 3.36. The normalized spacial score (nSPS) is 11.2. The second-order valence-corrected chi connectivity index (χ2v) is 4.68. The molecule has 0 bridgehead atoms. The van der Waals surface area contributed by atoms with Gasteiger partial charge in [0.05, 0.1) is 7.11 Å². The quantitative estimate of drug-likeness (QED) is 0.749. The lowest BCUT2D eigenvalue weighted by atomic mass is 10.0. The average molecular weight is 287 g/mol. The Hall–Kier alpha value is -1.36. The van der Waals surface area contributed by atoms with E-state index in [1.54, 1.807) is 12.1 Å². The summed E-state index contributed by atoms with van der Waals surface area (Å²) in [5.41, 5.74) is 0.896. The minimum atomic E-state index is -2.85. The maximum absolute atomic E-state index is 12.3. The van der Waals surface area contributed by atoms with Gasteiger partial charge in [0.15, 0.2) is 11.5 Å². The number of alkyl halides is 2. The van der Waals surface area contributed by atoms with Crippen molar-refractivity contribution in [1.82, 2.24) is 5.32 Å². The monoisotopic (exact) mass is 287 g/mol. The van der Waals surface area contributed by atoms with E-state index < -0.39 is 6.61 Å². The Bertz CT molecular complexity index is 395. The molecular weight excluding hydrogens is 264 g/mol. The first-order chi connectivity index (χ1) is 9.60. The Morgan fingerprint density at radius 1 is 1.15 bits per heavy atom. The van der Waals surface area contributed by atoms with Crippen molar-refractivity contribution >= 4 is 0 Å². The van der Waals surface area contributed by atoms with Crippen molar-refractivity contribution in [3.8, 4) is 11.5 Å². The number of benzene rings is 1. The van der Waals surface area contributed by atoms with Crippen LogP contribution in [0.25, 0.3) is 0 Å². The first kappa shape index (κ1) is 16.7. The van der Waals surface area contributed by atoms with Crippen LogP contribution in [-0.4, -0.2) is 20.3 Å². The molecule has 1 aromatic rings. The first-order valence-corrected chi connectivity index (χ1v) is 6.93. The molecule has 0 spiro atoms. The Labute approximate surface area is 119 Å². The lowest BCUT2D eigenvalue weighted by molar-refractivity contribution is -0.0512. The smallest absolute Gasteiger partial charge is 0.387 e. The molecule has 0 aliphatic rings. The Morgan fingerprint density at radius 2 is 1.85 bits per heavy atom. The van der Waals surface area contributed by atoms with Crippen LogP contribution in [0.1, 0.15) is 32.3 Å². The lowest BCUT2D eigenvalue weighted by Gasteiger charge is -2.14. The molecule has 0 heterocycles. The largest absolute Gasteiger partial charge is 0.493 e. The van der Waals surface area contributed by atoms with Crippen molar-refractivity contribution in [3.05, 3.63) is 23.8 Å². The number of halogens is 2. The molecule has 1 aromatic carbocycles. The topological polar surface area (TPSA) is 30.5 Å². The fraction of sp³-hybridized carbons (Fsp3) is 0.600. The maximum atomic E-state index is 12.3. The highest BCUT2D eigenvalue weighted by Gasteiger charge is 2.11. The van der Waals surface area contributed by atoms with Gasteiger partial charge in [0.25, 0.3) is 0 Å². The van der Waals surface area contributed by atoms with Gasteiger partial charge in [-0.25, -0.2) is 0 Å². The van der Waals surface area contributed by atoms with Crippen molar-refractivity contribution in [2.75, 3.05) is 13.7 Å². The van der Waals surface area contributed by atoms with Gasteiger partial charge in [0.2, 0.25) is 0 Å². The van der Waals surface area contributed by atoms with Crippen LogP contribution in [0, 0.1) is 5.92 Å². The minimum absolute atomic E-state index is 0.0735. The van der Waals surface area contributed by atoms with E-state index in [1.165, 1.54) is 7.11 Å². The molecule has 1 N–H and O–H groups in total. The van der Waals surface area contributed by atoms with Crippen LogP contribution in [0.3, 0.4) is 0 Å². The van der Waals surface area contributed by atoms with E-state index in [1.807, 2.05) is 6.07 Å². The summed E-state index contributed by atoms with van der Waals surface area (Å²) in [5, 5.41) is 3.34. The Kier molecular flexibility index (Phi) is 7.30. The molecule has 0 amide bonds. The van der Waals surface area contributed by atoms with Crippen LogP contribution in [0.4, 0.5) is 8.78 Å². The van der Waals surface area contributed by atoms with Gasteiger partial charge in [0, 0.05) is 6.54 Å². The van der Waals surface area contributed by atoms with E-state index in [2.05, 4.69) is 23.9 Å². The Morgan fingerprint density at radius 3 is 2.40 bits per heavy atom. The van der Waals surface area contributed by atoms with Gasteiger partial charge in [-0.3, -0.25) is 0 Å². The predicted molar refractivity (Wildman–Crippen MR) is 75.4 cm³/mol. The summed E-state index contributed by atoms with van der Waals surface area (Å²) >= 11 is 0. The fourth-order valence-electron chi connectivity index (χ4n) is 2.02. The summed E-state index contributed by atoms with van der Waals surface area (Å²) in [6.45, 7) is 3.02. The van der Waals surface area contributed by atoms with Gasteiger partial charge < -0.3 is 14.8 Å². The SMILES string of the molecule is CCC(CC)CNCc1ccc(OC)c(OC(F)F)c1. The summed E-state index contributed by atoms with van der Waals surface area (Å²) in [5.74, 6) is 1.03. The third kappa shape index (κ3) is 5.33. The molecule has 0 aliphatic carbocycles. The average Bonchev–Trinajstić information content (AvgIpc) is 2.43. The van der Waals surface area contributed by atoms with E-state index in [-0.39, 0.29) is 5.75 Å². The molecule has 5 heteroatoms. The molecule has 0 saturated carbocycles. The summed E-state index contributed by atoms with van der Waals surface area (Å²) in [4.78, 5) is 0. The zero-order chi connectivity index (χ0) is 15.0. The van der Waals surface area contributed by atoms with E-state index in [9.17, 15) is 8.78 Å². The molecule has 0 radical (unpaired) electrons. The molecule has 1 rings (SSSR count). The molecule has 0 fully saturated rings. The highest BCUT2D eigenvalue weighted by Crippen LogP contribution is 2.29. The summed E-state index contributed by atoms with van der Waals surface area (Å²) < 4.78 is 34.1. The fourth-order valence-corrected chi connectivity index (χ4v) is 2.02. The first-order valence-electron chi connectivity index (χ1n) is 6.93. The highest BCUT2D eigenvalue weighted by atomic mass is 19.3. The standard InChI is InChI=1S/C15H23F2NO2/c1-4-11(5-2)9-18-10-12-6-7-13(19-3)14(8-12)20-15(16)17/h6-8,11,15,18H,4-5,9-10H2,1-3H3. The van der Waals surface area contributed by atoms with Gasteiger partial charge in [-0.15, -0.1) is 0 Å². The minimum Gasteiger partial charge on any atom is -0.493 e. The van der Waals surface area contributed by atoms with E-state index in [0.717, 1.165) is 24.9 Å². The molecule has 0 atom stereocenters. The van der Waals surface area contributed by atoms with Crippen LogP contribution in [-0.2, 0) is 6.54 Å². The number of ether oxygens (including phenoxy) is 2. The van der Waals surface area contributed by atoms with Crippen LogP contribution >= 0.6 is 0 Å². The second kappa shape index (κ2) is 8.74. The molecule has 20 heavy (non-hydrogen) atoms. The van der Waals surface area contributed by atoms with Crippen molar-refractivity contribution in [2.24, 2.45) is 5.92 Å². The summed E-state index contributed by atoms with van der Waals surface area (Å²) in [7, 11) is 1.43. The summed E-state index contributed by atoms with van der Waals surface area (Å²) in [6.07, 6.45) is 2.26. The lowest BCUT2D eigenvalue weighted by Crippen LogP contribution is -2.21. The van der Waals surface area contributed by atoms with Crippen molar-refractivity contribution in [2.45, 2.75) is 39.8 Å². The summed E-state index contributed by atoms with van der Waals surface area (Å²) in [6, 6.07) is 5.08. The zero-order valence-electron chi connectivity index (χ0n) is 12.3. The van der Waals surface area contributed by atoms with E-state index in [4.69, 9.17) is 4.74 Å². The van der Waals surface area contributed by atoms with E-state index in [0.29, 0.717) is 18.2 Å². The molecule has 0 aromatic heterocycles. The highest BCUT2D eigenvalue weighted by molar-refractivity contribution is 5.42. The predicted octanol–water partition coefficient (Wildman–Crippen LogP) is 3.82. The number of rotatable bonds is 9. The number of hydrogen-bond acceptors (Lipinski definition) is 3. The van der Waals surface area contributed by atoms with Crippen molar-refractivity contribution < 1.29 is 18.3 Å². The zero-order valence-corrected chi connectivity index (χ0v) is 12.3. The number of methoxy groups -OCH3 is 1. The van der Waals surface area contributed by atoms with Crippen LogP contribution in [0.15, 0.2) is 18.2 Å². The van der Waals surface area contributed by atoms with Crippen LogP contribution in [0.2, 0.25) is 0 Å². The van der Waals surface area contributed by atoms with Gasteiger partial charge in [-0.05, 0) is 30.2 Å². The van der Waals surface area contributed by atoms with Crippen LogP contribution < -0.4 is 14.8 Å². The molecule has 3 nitrogen and oxygen atoms in total. The second-order valence-electron chi connectivity index (χ2n) is 4.68. The Balaban J connectivity index is 2.62. The molecule has 0 aliphatic heterocycles. The molecular formula is C15H23F2NO2. The molecule has 0 saturated heterocycles. The maximum Gasteiger partial charge on any atom is 0.387 e. The number of nitrogens with one attached hydrogen (secondary N) is 1. The van der Waals surface area contributed by atoms with Gasteiger partial charge in [0.1, 0.15) is 0 Å². The van der Waals surface area contributed by atoms with Gasteiger partial charge in [-0.2, -0.15) is 8.78 Å². The van der Waals surface area contributed by atoms with Gasteiger partial charge >= 0.3 is 6.61 Å².